The van der Waals surface area contributed by atoms with Gasteiger partial charge >= 0.3 is 0 Å². The lowest BCUT2D eigenvalue weighted by molar-refractivity contribution is 0.706. The van der Waals surface area contributed by atoms with E-state index in [4.69, 9.17) is 0 Å². The van der Waals surface area contributed by atoms with Gasteiger partial charge in [-0.3, -0.25) is 4.98 Å². The quantitative estimate of drug-likeness (QED) is 0.877. The van der Waals surface area contributed by atoms with Gasteiger partial charge in [0, 0.05) is 28.3 Å². The summed E-state index contributed by atoms with van der Waals surface area (Å²) < 4.78 is 1.13. The van der Waals surface area contributed by atoms with Gasteiger partial charge in [0.25, 0.3) is 0 Å². The second-order valence-corrected chi connectivity index (χ2v) is 6.15. The molecule has 0 fully saturated rings. The fourth-order valence-corrected chi connectivity index (χ4v) is 3.14. The maximum Gasteiger partial charge on any atom is 0.147 e. The van der Waals surface area contributed by atoms with E-state index in [1.54, 1.807) is 11.3 Å². The van der Waals surface area contributed by atoms with Gasteiger partial charge in [-0.05, 0) is 28.5 Å². The van der Waals surface area contributed by atoms with Crippen molar-refractivity contribution in [2.75, 3.05) is 18.5 Å². The highest BCUT2D eigenvalue weighted by atomic mass is 79.9. The second-order valence-electron chi connectivity index (χ2n) is 4.23. The van der Waals surface area contributed by atoms with Crippen molar-refractivity contribution in [1.82, 2.24) is 15.3 Å². The Hall–Kier alpha value is -0.980. The van der Waals surface area contributed by atoms with E-state index < -0.39 is 0 Å². The van der Waals surface area contributed by atoms with Gasteiger partial charge in [-0.2, -0.15) is 0 Å². The van der Waals surface area contributed by atoms with E-state index in [0.29, 0.717) is 0 Å². The topological polar surface area (TPSA) is 41.1 Å². The van der Waals surface area contributed by atoms with E-state index in [-0.39, 0.29) is 0 Å². The SMILES string of the molecule is CCNCc1cnc(N(C)Cc2cc(Br)cs2)cn1. The van der Waals surface area contributed by atoms with Crippen LogP contribution >= 0.6 is 27.3 Å². The smallest absolute Gasteiger partial charge is 0.147 e. The summed E-state index contributed by atoms with van der Waals surface area (Å²) >= 11 is 5.21. The highest BCUT2D eigenvalue weighted by Crippen LogP contribution is 2.22. The Balaban J connectivity index is 1.97. The molecule has 0 aliphatic rings. The highest BCUT2D eigenvalue weighted by Gasteiger charge is 2.06. The molecule has 0 aromatic carbocycles. The van der Waals surface area contributed by atoms with Crippen molar-refractivity contribution in [3.05, 3.63) is 38.9 Å². The van der Waals surface area contributed by atoms with Gasteiger partial charge in [-0.25, -0.2) is 4.98 Å². The highest BCUT2D eigenvalue weighted by molar-refractivity contribution is 9.10. The molecule has 0 aliphatic heterocycles. The van der Waals surface area contributed by atoms with E-state index in [1.807, 2.05) is 19.4 Å². The van der Waals surface area contributed by atoms with Gasteiger partial charge in [0.05, 0.1) is 24.6 Å². The third-order valence-corrected chi connectivity index (χ3v) is 4.34. The third kappa shape index (κ3) is 4.26. The summed E-state index contributed by atoms with van der Waals surface area (Å²) in [5.74, 6) is 0.893. The Bertz CT molecular complexity index is 512. The molecule has 2 aromatic rings. The van der Waals surface area contributed by atoms with Crippen LogP contribution in [0, 0.1) is 0 Å². The number of nitrogens with one attached hydrogen (secondary N) is 1. The zero-order valence-electron chi connectivity index (χ0n) is 11.1. The first-order chi connectivity index (χ1) is 9.19. The van der Waals surface area contributed by atoms with E-state index in [1.165, 1.54) is 4.88 Å². The molecular weight excluding hydrogens is 324 g/mol. The molecule has 1 N–H and O–H groups in total. The van der Waals surface area contributed by atoms with E-state index in [2.05, 4.69) is 54.5 Å². The van der Waals surface area contributed by atoms with Gasteiger partial charge in [0.15, 0.2) is 0 Å². The Kier molecular flexibility index (Phi) is 5.30. The van der Waals surface area contributed by atoms with Crippen LogP contribution in [0.2, 0.25) is 0 Å². The molecule has 0 bridgehead atoms. The number of hydrogen-bond acceptors (Lipinski definition) is 5. The average molecular weight is 341 g/mol. The van der Waals surface area contributed by atoms with Gasteiger partial charge in [-0.15, -0.1) is 11.3 Å². The number of anilines is 1. The van der Waals surface area contributed by atoms with Crippen molar-refractivity contribution in [3.8, 4) is 0 Å². The summed E-state index contributed by atoms with van der Waals surface area (Å²) in [5.41, 5.74) is 0.970. The lowest BCUT2D eigenvalue weighted by Crippen LogP contribution is -2.18. The number of nitrogens with zero attached hydrogens (tertiary/aromatic N) is 3. The van der Waals surface area contributed by atoms with Crippen molar-refractivity contribution in [3.63, 3.8) is 0 Å². The van der Waals surface area contributed by atoms with Gasteiger partial charge < -0.3 is 10.2 Å². The average Bonchev–Trinajstić information content (AvgIpc) is 2.82. The minimum atomic E-state index is 0.769. The van der Waals surface area contributed by atoms with Crippen LogP contribution in [0.1, 0.15) is 17.5 Å². The van der Waals surface area contributed by atoms with Crippen LogP contribution in [-0.4, -0.2) is 23.6 Å². The predicted octanol–water partition coefficient (Wildman–Crippen LogP) is 3.05. The summed E-state index contributed by atoms with van der Waals surface area (Å²) in [7, 11) is 2.03. The molecule has 0 radical (unpaired) electrons. The molecule has 19 heavy (non-hydrogen) atoms. The first-order valence-corrected chi connectivity index (χ1v) is 7.82. The Morgan fingerprint density at radius 1 is 1.37 bits per heavy atom. The molecule has 0 aliphatic carbocycles. The van der Waals surface area contributed by atoms with Crippen LogP contribution in [0.5, 0.6) is 0 Å². The number of thiophene rings is 1. The van der Waals surface area contributed by atoms with E-state index in [9.17, 15) is 0 Å². The first-order valence-electron chi connectivity index (χ1n) is 6.14. The maximum absolute atomic E-state index is 4.45. The summed E-state index contributed by atoms with van der Waals surface area (Å²) in [6.07, 6.45) is 3.66. The fraction of sp³-hybridized carbons (Fsp3) is 0.385. The lowest BCUT2D eigenvalue weighted by atomic mass is 10.4. The summed E-state index contributed by atoms with van der Waals surface area (Å²) in [4.78, 5) is 12.3. The normalized spacial score (nSPS) is 10.7. The standard InChI is InChI=1S/C13H17BrN4S/c1-3-15-5-11-6-17-13(7-16-11)18(2)8-12-4-10(14)9-19-12/h4,6-7,9,15H,3,5,8H2,1-2H3. The van der Waals surface area contributed by atoms with E-state index >= 15 is 0 Å². The fourth-order valence-electron chi connectivity index (χ4n) is 1.64. The Morgan fingerprint density at radius 2 is 2.21 bits per heavy atom. The first kappa shape index (κ1) is 14.4. The van der Waals surface area contributed by atoms with Gasteiger partial charge in [-0.1, -0.05) is 6.92 Å². The largest absolute Gasteiger partial charge is 0.353 e. The van der Waals surface area contributed by atoms with Crippen LogP contribution < -0.4 is 10.2 Å². The molecule has 2 heterocycles. The van der Waals surface area contributed by atoms with Crippen LogP contribution in [0.25, 0.3) is 0 Å². The minimum Gasteiger partial charge on any atom is -0.353 e. The molecule has 102 valence electrons. The van der Waals surface area contributed by atoms with Crippen molar-refractivity contribution in [1.29, 1.82) is 0 Å². The summed E-state index contributed by atoms with van der Waals surface area (Å²) in [6.45, 7) is 4.63. The second kappa shape index (κ2) is 6.98. The molecule has 0 atom stereocenters. The van der Waals surface area contributed by atoms with Crippen molar-refractivity contribution < 1.29 is 0 Å². The molecule has 6 heteroatoms. The molecule has 4 nitrogen and oxygen atoms in total. The number of halogens is 1. The van der Waals surface area contributed by atoms with Crippen molar-refractivity contribution in [2.45, 2.75) is 20.0 Å². The molecule has 2 rings (SSSR count). The monoisotopic (exact) mass is 340 g/mol. The molecule has 0 saturated carbocycles. The number of hydrogen-bond donors (Lipinski definition) is 1. The predicted molar refractivity (Wildman–Crippen MR) is 83.5 cm³/mol. The lowest BCUT2D eigenvalue weighted by Gasteiger charge is -2.16. The van der Waals surface area contributed by atoms with Gasteiger partial charge in [0.2, 0.25) is 0 Å². The van der Waals surface area contributed by atoms with Crippen molar-refractivity contribution >= 4 is 33.1 Å². The molecule has 2 aromatic heterocycles. The van der Waals surface area contributed by atoms with E-state index in [0.717, 1.165) is 35.6 Å². The molecule has 0 amide bonds. The van der Waals surface area contributed by atoms with Crippen LogP contribution in [0.3, 0.4) is 0 Å². The zero-order chi connectivity index (χ0) is 13.7. The van der Waals surface area contributed by atoms with Gasteiger partial charge in [0.1, 0.15) is 5.82 Å². The maximum atomic E-state index is 4.45. The molecule has 0 unspecified atom stereocenters. The Morgan fingerprint density at radius 3 is 2.79 bits per heavy atom. The Labute approximate surface area is 126 Å². The summed E-state index contributed by atoms with van der Waals surface area (Å²) in [6, 6.07) is 2.13. The number of aromatic nitrogens is 2. The molecule has 0 spiro atoms. The minimum absolute atomic E-state index is 0.769. The van der Waals surface area contributed by atoms with Crippen molar-refractivity contribution in [2.24, 2.45) is 0 Å². The third-order valence-electron chi connectivity index (χ3n) is 2.65. The number of rotatable bonds is 6. The van der Waals surface area contributed by atoms with Crippen LogP contribution in [-0.2, 0) is 13.1 Å². The van der Waals surface area contributed by atoms with Crippen LogP contribution in [0.15, 0.2) is 28.3 Å². The van der Waals surface area contributed by atoms with Crippen LogP contribution in [0.4, 0.5) is 5.82 Å². The summed E-state index contributed by atoms with van der Waals surface area (Å²) in [5, 5.41) is 5.33. The zero-order valence-corrected chi connectivity index (χ0v) is 13.5. The molecular formula is C13H17BrN4S. The molecule has 0 saturated heterocycles.